The van der Waals surface area contributed by atoms with Crippen LogP contribution in [-0.2, 0) is 6.54 Å². The number of likely N-dealkylation sites (tertiary alicyclic amines) is 1. The molecule has 1 heterocycles. The van der Waals surface area contributed by atoms with Crippen LogP contribution in [0.2, 0.25) is 0 Å². The third-order valence-corrected chi connectivity index (χ3v) is 4.20. The maximum Gasteiger partial charge on any atom is 0.387 e. The van der Waals surface area contributed by atoms with Crippen LogP contribution in [0, 0.1) is 13.8 Å². The van der Waals surface area contributed by atoms with Gasteiger partial charge in [-0.25, -0.2) is 0 Å². The Morgan fingerprint density at radius 3 is 2.64 bits per heavy atom. The van der Waals surface area contributed by atoms with E-state index in [2.05, 4.69) is 10.2 Å². The predicted octanol–water partition coefficient (Wildman–Crippen LogP) is 3.51. The van der Waals surface area contributed by atoms with E-state index in [1.807, 2.05) is 27.0 Å². The van der Waals surface area contributed by atoms with Crippen LogP contribution in [-0.4, -0.2) is 37.7 Å². The fourth-order valence-electron chi connectivity index (χ4n) is 2.85. The normalized spacial score (nSPS) is 19.1. The third-order valence-electron chi connectivity index (χ3n) is 4.20. The van der Waals surface area contributed by atoms with Crippen molar-refractivity contribution in [3.05, 3.63) is 28.8 Å². The van der Waals surface area contributed by atoms with Crippen molar-refractivity contribution in [2.45, 2.75) is 45.9 Å². The van der Waals surface area contributed by atoms with Crippen LogP contribution in [0.3, 0.4) is 0 Å². The van der Waals surface area contributed by atoms with Gasteiger partial charge in [0.25, 0.3) is 0 Å². The molecular formula is C16H25ClF2N2O. The Balaban J connectivity index is 0.00000242. The Morgan fingerprint density at radius 2 is 2.00 bits per heavy atom. The molecule has 22 heavy (non-hydrogen) atoms. The van der Waals surface area contributed by atoms with Crippen molar-refractivity contribution in [2.24, 2.45) is 0 Å². The number of rotatable bonds is 5. The van der Waals surface area contributed by atoms with E-state index in [-0.39, 0.29) is 12.4 Å². The molecular weight excluding hydrogens is 310 g/mol. The number of nitrogens with zero attached hydrogens (tertiary/aromatic N) is 1. The number of hydrogen-bond acceptors (Lipinski definition) is 3. The first-order chi connectivity index (χ1) is 9.99. The molecule has 1 saturated heterocycles. The van der Waals surface area contributed by atoms with Crippen molar-refractivity contribution in [2.75, 3.05) is 20.1 Å². The zero-order valence-electron chi connectivity index (χ0n) is 13.4. The minimum absolute atomic E-state index is 0. The summed E-state index contributed by atoms with van der Waals surface area (Å²) in [6.07, 6.45) is 2.29. The van der Waals surface area contributed by atoms with E-state index in [1.54, 1.807) is 6.07 Å². The van der Waals surface area contributed by atoms with Gasteiger partial charge in [0, 0.05) is 24.7 Å². The second kappa shape index (κ2) is 8.65. The largest absolute Gasteiger partial charge is 0.434 e. The van der Waals surface area contributed by atoms with Gasteiger partial charge in [-0.15, -0.1) is 12.4 Å². The Kier molecular flexibility index (Phi) is 7.53. The lowest BCUT2D eigenvalue weighted by Gasteiger charge is -2.33. The number of nitrogens with one attached hydrogen (secondary N) is 1. The summed E-state index contributed by atoms with van der Waals surface area (Å²) in [5.41, 5.74) is 2.92. The molecule has 1 atom stereocenters. The van der Waals surface area contributed by atoms with Gasteiger partial charge in [-0.05, 0) is 57.5 Å². The monoisotopic (exact) mass is 334 g/mol. The second-order valence-corrected chi connectivity index (χ2v) is 5.79. The standard InChI is InChI=1S/C16H24F2N2O.ClH/c1-11-7-13(15(8-12(11)2)21-16(17)18)9-20-6-4-5-14(10-20)19-3;/h7-8,14,16,19H,4-6,9-10H2,1-3H3;1H. The number of benzene rings is 1. The summed E-state index contributed by atoms with van der Waals surface area (Å²) in [6.45, 7) is 3.72. The summed E-state index contributed by atoms with van der Waals surface area (Å²) in [5.74, 6) is 0.305. The van der Waals surface area contributed by atoms with Crippen LogP contribution in [0.1, 0.15) is 29.5 Å². The van der Waals surface area contributed by atoms with Crippen molar-refractivity contribution in [1.29, 1.82) is 0 Å². The molecule has 1 unspecified atom stereocenters. The average Bonchev–Trinajstić information content (AvgIpc) is 2.44. The van der Waals surface area contributed by atoms with Gasteiger partial charge in [0.15, 0.2) is 0 Å². The molecule has 1 N–H and O–H groups in total. The van der Waals surface area contributed by atoms with Crippen LogP contribution in [0.5, 0.6) is 5.75 Å². The molecule has 6 heteroatoms. The lowest BCUT2D eigenvalue weighted by Crippen LogP contribution is -2.43. The fraction of sp³-hybridized carbons (Fsp3) is 0.625. The highest BCUT2D eigenvalue weighted by Gasteiger charge is 2.20. The van der Waals surface area contributed by atoms with Crippen molar-refractivity contribution in [3.8, 4) is 5.75 Å². The predicted molar refractivity (Wildman–Crippen MR) is 87.2 cm³/mol. The molecule has 2 rings (SSSR count). The van der Waals surface area contributed by atoms with E-state index in [0.717, 1.165) is 36.2 Å². The van der Waals surface area contributed by atoms with Crippen LogP contribution in [0.15, 0.2) is 12.1 Å². The number of ether oxygens (including phenoxy) is 1. The van der Waals surface area contributed by atoms with Gasteiger partial charge in [0.1, 0.15) is 5.75 Å². The summed E-state index contributed by atoms with van der Waals surface area (Å²) in [5, 5.41) is 3.29. The Hall–Kier alpha value is -0.910. The van der Waals surface area contributed by atoms with Gasteiger partial charge < -0.3 is 10.1 Å². The number of alkyl halides is 2. The minimum atomic E-state index is -2.78. The molecule has 126 valence electrons. The van der Waals surface area contributed by atoms with E-state index in [1.165, 1.54) is 6.42 Å². The van der Waals surface area contributed by atoms with Gasteiger partial charge >= 0.3 is 6.61 Å². The molecule has 1 aliphatic rings. The van der Waals surface area contributed by atoms with Gasteiger partial charge in [-0.1, -0.05) is 6.07 Å². The lowest BCUT2D eigenvalue weighted by atomic mass is 10.0. The molecule has 0 saturated carbocycles. The summed E-state index contributed by atoms with van der Waals surface area (Å²) >= 11 is 0. The van der Waals surface area contributed by atoms with E-state index in [0.29, 0.717) is 18.3 Å². The van der Waals surface area contributed by atoms with Crippen molar-refractivity contribution in [1.82, 2.24) is 10.2 Å². The van der Waals surface area contributed by atoms with E-state index < -0.39 is 6.61 Å². The molecule has 1 aromatic carbocycles. The minimum Gasteiger partial charge on any atom is -0.434 e. The van der Waals surface area contributed by atoms with Gasteiger partial charge in [0.2, 0.25) is 0 Å². The maximum atomic E-state index is 12.6. The first-order valence-electron chi connectivity index (χ1n) is 7.44. The number of likely N-dealkylation sites (N-methyl/N-ethyl adjacent to an activating group) is 1. The molecule has 0 spiro atoms. The van der Waals surface area contributed by atoms with Crippen molar-refractivity contribution < 1.29 is 13.5 Å². The summed E-state index contributed by atoms with van der Waals surface area (Å²) in [6, 6.07) is 4.16. The molecule has 3 nitrogen and oxygen atoms in total. The average molecular weight is 335 g/mol. The highest BCUT2D eigenvalue weighted by atomic mass is 35.5. The van der Waals surface area contributed by atoms with Crippen LogP contribution < -0.4 is 10.1 Å². The summed E-state index contributed by atoms with van der Waals surface area (Å²) in [4.78, 5) is 2.30. The molecule has 0 radical (unpaired) electrons. The third kappa shape index (κ3) is 5.07. The first kappa shape index (κ1) is 19.1. The molecule has 0 aromatic heterocycles. The number of hydrogen-bond donors (Lipinski definition) is 1. The quantitative estimate of drug-likeness (QED) is 0.891. The summed E-state index contributed by atoms with van der Waals surface area (Å²) < 4.78 is 29.9. The zero-order valence-corrected chi connectivity index (χ0v) is 14.2. The molecule has 1 aromatic rings. The van der Waals surface area contributed by atoms with Gasteiger partial charge in [0.05, 0.1) is 0 Å². The Labute approximate surface area is 137 Å². The van der Waals surface area contributed by atoms with Gasteiger partial charge in [-0.2, -0.15) is 8.78 Å². The van der Waals surface area contributed by atoms with Crippen molar-refractivity contribution in [3.63, 3.8) is 0 Å². The molecule has 0 aliphatic carbocycles. The topological polar surface area (TPSA) is 24.5 Å². The van der Waals surface area contributed by atoms with E-state index in [4.69, 9.17) is 4.74 Å². The van der Waals surface area contributed by atoms with E-state index in [9.17, 15) is 8.78 Å². The molecule has 0 bridgehead atoms. The van der Waals surface area contributed by atoms with Crippen LogP contribution in [0.25, 0.3) is 0 Å². The molecule has 0 amide bonds. The number of piperidine rings is 1. The first-order valence-corrected chi connectivity index (χ1v) is 7.44. The summed E-state index contributed by atoms with van der Waals surface area (Å²) in [7, 11) is 1.97. The second-order valence-electron chi connectivity index (χ2n) is 5.79. The molecule has 1 fully saturated rings. The molecule has 1 aliphatic heterocycles. The smallest absolute Gasteiger partial charge is 0.387 e. The van der Waals surface area contributed by atoms with Crippen LogP contribution >= 0.6 is 12.4 Å². The maximum absolute atomic E-state index is 12.6. The Bertz CT molecular complexity index is 485. The number of aryl methyl sites for hydroxylation is 2. The van der Waals surface area contributed by atoms with E-state index >= 15 is 0 Å². The number of halogens is 3. The highest BCUT2D eigenvalue weighted by molar-refractivity contribution is 5.85. The van der Waals surface area contributed by atoms with Crippen molar-refractivity contribution >= 4 is 12.4 Å². The SMILES string of the molecule is CNC1CCCN(Cc2cc(C)c(C)cc2OC(F)F)C1.Cl. The fourth-order valence-corrected chi connectivity index (χ4v) is 2.85. The van der Waals surface area contributed by atoms with Crippen LogP contribution in [0.4, 0.5) is 8.78 Å². The lowest BCUT2D eigenvalue weighted by molar-refractivity contribution is -0.0508. The van der Waals surface area contributed by atoms with Gasteiger partial charge in [-0.3, -0.25) is 4.90 Å². The zero-order chi connectivity index (χ0) is 15.4. The Morgan fingerprint density at radius 1 is 1.32 bits per heavy atom. The highest BCUT2D eigenvalue weighted by Crippen LogP contribution is 2.27.